The highest BCUT2D eigenvalue weighted by Gasteiger charge is 2.10. The third-order valence-corrected chi connectivity index (χ3v) is 4.73. The van der Waals surface area contributed by atoms with Crippen LogP contribution in [0, 0.1) is 3.95 Å². The van der Waals surface area contributed by atoms with Gasteiger partial charge >= 0.3 is 0 Å². The fourth-order valence-electron chi connectivity index (χ4n) is 2.18. The number of thiazole rings is 1. The summed E-state index contributed by atoms with van der Waals surface area (Å²) in [5.41, 5.74) is 5.62. The molecule has 2 aromatic carbocycles. The molecular weight excluding hydrogens is 348 g/mol. The Morgan fingerprint density at radius 2 is 1.83 bits per heavy atom. The van der Waals surface area contributed by atoms with Gasteiger partial charge in [0.15, 0.2) is 3.95 Å². The summed E-state index contributed by atoms with van der Waals surface area (Å²) in [5.74, 6) is -0.110. The third-order valence-electron chi connectivity index (χ3n) is 3.28. The predicted molar refractivity (Wildman–Crippen MR) is 98.1 cm³/mol. The van der Waals surface area contributed by atoms with Gasteiger partial charge in [-0.05, 0) is 29.9 Å². The van der Waals surface area contributed by atoms with E-state index in [0.717, 1.165) is 16.8 Å². The molecule has 1 N–H and O–H groups in total. The summed E-state index contributed by atoms with van der Waals surface area (Å²) < 4.78 is 2.24. The largest absolute Gasteiger partial charge is 0.273 e. The lowest BCUT2D eigenvalue weighted by Crippen LogP contribution is -2.25. The highest BCUT2D eigenvalue weighted by atomic mass is 35.5. The number of rotatable bonds is 4. The van der Waals surface area contributed by atoms with E-state index in [2.05, 4.69) is 5.43 Å². The number of nitrogens with zero attached hydrogens (tertiary/aromatic N) is 1. The minimum Gasteiger partial charge on any atom is -0.273 e. The molecule has 0 unspecified atom stereocenters. The van der Waals surface area contributed by atoms with Gasteiger partial charge in [0.05, 0.1) is 12.1 Å². The van der Waals surface area contributed by atoms with Crippen LogP contribution in [0.1, 0.15) is 5.56 Å². The summed E-state index contributed by atoms with van der Waals surface area (Å²) >= 11 is 12.7. The van der Waals surface area contributed by atoms with Crippen molar-refractivity contribution in [2.75, 3.05) is 5.43 Å². The van der Waals surface area contributed by atoms with E-state index >= 15 is 0 Å². The monoisotopic (exact) mass is 360 g/mol. The summed E-state index contributed by atoms with van der Waals surface area (Å²) in [6.07, 6.45) is 0.304. The van der Waals surface area contributed by atoms with Crippen molar-refractivity contribution >= 4 is 41.1 Å². The first-order valence-corrected chi connectivity index (χ1v) is 8.60. The second-order valence-electron chi connectivity index (χ2n) is 4.93. The summed E-state index contributed by atoms with van der Waals surface area (Å²) in [7, 11) is 0. The zero-order chi connectivity index (χ0) is 16.2. The Morgan fingerprint density at radius 1 is 1.13 bits per heavy atom. The van der Waals surface area contributed by atoms with E-state index in [1.165, 1.54) is 11.3 Å². The van der Waals surface area contributed by atoms with Crippen LogP contribution >= 0.6 is 35.2 Å². The molecule has 1 heterocycles. The number of halogens is 1. The molecule has 0 aliphatic heterocycles. The van der Waals surface area contributed by atoms with E-state index in [0.29, 0.717) is 15.4 Å². The lowest BCUT2D eigenvalue weighted by Gasteiger charge is -2.10. The van der Waals surface area contributed by atoms with Gasteiger partial charge in [0, 0.05) is 16.0 Å². The van der Waals surface area contributed by atoms with Crippen LogP contribution in [0.15, 0.2) is 60.0 Å². The fourth-order valence-corrected chi connectivity index (χ4v) is 3.30. The van der Waals surface area contributed by atoms with Crippen molar-refractivity contribution in [2.45, 2.75) is 6.42 Å². The molecular formula is C17H13ClN2OS2. The Labute approximate surface area is 148 Å². The van der Waals surface area contributed by atoms with Crippen LogP contribution in [0.5, 0.6) is 0 Å². The van der Waals surface area contributed by atoms with Crippen LogP contribution < -0.4 is 5.43 Å². The van der Waals surface area contributed by atoms with Crippen molar-refractivity contribution in [3.63, 3.8) is 0 Å². The summed E-state index contributed by atoms with van der Waals surface area (Å²) in [6, 6.07) is 17.0. The Balaban J connectivity index is 1.83. The van der Waals surface area contributed by atoms with Crippen molar-refractivity contribution in [3.8, 4) is 11.3 Å². The molecule has 0 bridgehead atoms. The zero-order valence-corrected chi connectivity index (χ0v) is 14.4. The van der Waals surface area contributed by atoms with Crippen LogP contribution in [0.4, 0.5) is 0 Å². The van der Waals surface area contributed by atoms with E-state index in [9.17, 15) is 4.79 Å². The first-order valence-electron chi connectivity index (χ1n) is 6.94. The quantitative estimate of drug-likeness (QED) is 0.670. The van der Waals surface area contributed by atoms with E-state index in [4.69, 9.17) is 23.8 Å². The lowest BCUT2D eigenvalue weighted by atomic mass is 10.1. The first kappa shape index (κ1) is 15.9. The first-order chi connectivity index (χ1) is 11.1. The minimum absolute atomic E-state index is 0.110. The standard InChI is InChI=1S/C17H13ClN2OS2/c18-14-8-6-13(7-9-14)15-11-23-17(22)20(15)19-16(21)10-12-4-2-1-3-5-12/h1-9,11H,10H2,(H,19,21). The fraction of sp³-hybridized carbons (Fsp3) is 0.0588. The van der Waals surface area contributed by atoms with Crippen LogP contribution in [0.25, 0.3) is 11.3 Å². The highest BCUT2D eigenvalue weighted by molar-refractivity contribution is 7.73. The molecule has 3 nitrogen and oxygen atoms in total. The van der Waals surface area contributed by atoms with Gasteiger partial charge in [0.25, 0.3) is 0 Å². The molecule has 6 heteroatoms. The number of hydrogen-bond acceptors (Lipinski definition) is 3. The number of aromatic nitrogens is 1. The molecule has 3 rings (SSSR count). The Bertz CT molecular complexity index is 870. The van der Waals surface area contributed by atoms with Crippen molar-refractivity contribution in [3.05, 3.63) is 74.5 Å². The SMILES string of the molecule is O=C(Cc1ccccc1)Nn1c(-c2ccc(Cl)cc2)csc1=S. The van der Waals surface area contributed by atoms with Gasteiger partial charge < -0.3 is 0 Å². The molecule has 116 valence electrons. The molecule has 1 aromatic heterocycles. The van der Waals surface area contributed by atoms with Gasteiger partial charge in [-0.2, -0.15) is 0 Å². The molecule has 0 fully saturated rings. The lowest BCUT2D eigenvalue weighted by molar-refractivity contribution is -0.116. The van der Waals surface area contributed by atoms with Crippen molar-refractivity contribution in [1.29, 1.82) is 0 Å². The van der Waals surface area contributed by atoms with Gasteiger partial charge in [-0.25, -0.2) is 4.68 Å². The number of hydrogen-bond donors (Lipinski definition) is 1. The molecule has 0 aliphatic rings. The molecule has 3 aromatic rings. The van der Waals surface area contributed by atoms with E-state index in [-0.39, 0.29) is 5.91 Å². The van der Waals surface area contributed by atoms with E-state index < -0.39 is 0 Å². The molecule has 1 amide bonds. The van der Waals surface area contributed by atoms with Gasteiger partial charge in [-0.15, -0.1) is 11.3 Å². The van der Waals surface area contributed by atoms with Crippen LogP contribution in [-0.4, -0.2) is 10.6 Å². The summed E-state index contributed by atoms with van der Waals surface area (Å²) in [6.45, 7) is 0. The van der Waals surface area contributed by atoms with Crippen LogP contribution in [0.3, 0.4) is 0 Å². The zero-order valence-electron chi connectivity index (χ0n) is 12.0. The molecule has 0 aliphatic carbocycles. The van der Waals surface area contributed by atoms with Crippen molar-refractivity contribution in [1.82, 2.24) is 4.68 Å². The Morgan fingerprint density at radius 3 is 2.52 bits per heavy atom. The van der Waals surface area contributed by atoms with E-state index in [1.807, 2.05) is 60.0 Å². The molecule has 0 saturated heterocycles. The average Bonchev–Trinajstić information content (AvgIpc) is 2.90. The van der Waals surface area contributed by atoms with Gasteiger partial charge in [-0.1, -0.05) is 54.1 Å². The number of benzene rings is 2. The number of carbonyl (C=O) groups is 1. The highest BCUT2D eigenvalue weighted by Crippen LogP contribution is 2.24. The maximum Gasteiger partial charge on any atom is 0.243 e. The average molecular weight is 361 g/mol. The maximum atomic E-state index is 12.3. The molecule has 0 saturated carbocycles. The predicted octanol–water partition coefficient (Wildman–Crippen LogP) is 4.91. The van der Waals surface area contributed by atoms with Gasteiger partial charge in [-0.3, -0.25) is 10.2 Å². The number of carbonyl (C=O) groups excluding carboxylic acids is 1. The second kappa shape index (κ2) is 7.08. The maximum absolute atomic E-state index is 12.3. The summed E-state index contributed by atoms with van der Waals surface area (Å²) in [4.78, 5) is 12.3. The number of amides is 1. The molecule has 0 radical (unpaired) electrons. The van der Waals surface area contributed by atoms with Crippen LogP contribution in [0.2, 0.25) is 5.02 Å². The second-order valence-corrected chi connectivity index (χ2v) is 6.87. The number of nitrogens with one attached hydrogen (secondary N) is 1. The van der Waals surface area contributed by atoms with Gasteiger partial charge in [0.2, 0.25) is 5.91 Å². The molecule has 0 atom stereocenters. The van der Waals surface area contributed by atoms with E-state index in [1.54, 1.807) is 4.68 Å². The Kier molecular flexibility index (Phi) is 4.91. The van der Waals surface area contributed by atoms with Crippen molar-refractivity contribution < 1.29 is 4.79 Å². The smallest absolute Gasteiger partial charge is 0.243 e. The van der Waals surface area contributed by atoms with Gasteiger partial charge in [0.1, 0.15) is 0 Å². The van der Waals surface area contributed by atoms with Crippen LogP contribution in [-0.2, 0) is 11.2 Å². The topological polar surface area (TPSA) is 34.0 Å². The molecule has 0 spiro atoms. The minimum atomic E-state index is -0.110. The summed E-state index contributed by atoms with van der Waals surface area (Å²) in [5, 5.41) is 2.59. The third kappa shape index (κ3) is 3.88. The Hall–Kier alpha value is -1.95. The van der Waals surface area contributed by atoms with Crippen molar-refractivity contribution in [2.24, 2.45) is 0 Å². The molecule has 23 heavy (non-hydrogen) atoms. The normalized spacial score (nSPS) is 10.5.